The van der Waals surface area contributed by atoms with E-state index in [9.17, 15) is 4.79 Å². The molecule has 1 aromatic heterocycles. The Morgan fingerprint density at radius 3 is 3.08 bits per heavy atom. The lowest BCUT2D eigenvalue weighted by molar-refractivity contribution is 0.0360. The van der Waals surface area contributed by atoms with Crippen LogP contribution in [0.25, 0.3) is 0 Å². The van der Waals surface area contributed by atoms with Crippen LogP contribution >= 0.6 is 15.9 Å². The van der Waals surface area contributed by atoms with Crippen LogP contribution in [0.4, 0.5) is 0 Å². The Bertz CT molecular complexity index is 272. The van der Waals surface area contributed by atoms with Gasteiger partial charge in [-0.15, -0.1) is 0 Å². The number of halogens is 1. The Kier molecular flexibility index (Phi) is 3.31. The second-order valence-electron chi connectivity index (χ2n) is 2.10. The SMILES string of the molecule is CCONC(=O)c1cc(Br)c[nH]1. The minimum atomic E-state index is -0.275. The summed E-state index contributed by atoms with van der Waals surface area (Å²) in [7, 11) is 0. The monoisotopic (exact) mass is 232 g/mol. The lowest BCUT2D eigenvalue weighted by Gasteiger charge is -2.00. The Balaban J connectivity index is 2.53. The number of carbonyl (C=O) groups is 1. The summed E-state index contributed by atoms with van der Waals surface area (Å²) < 4.78 is 0.837. The van der Waals surface area contributed by atoms with E-state index in [1.807, 2.05) is 0 Å². The fourth-order valence-electron chi connectivity index (χ4n) is 0.692. The zero-order valence-electron chi connectivity index (χ0n) is 6.56. The van der Waals surface area contributed by atoms with E-state index in [1.54, 1.807) is 19.2 Å². The van der Waals surface area contributed by atoms with Crippen molar-refractivity contribution in [3.63, 3.8) is 0 Å². The van der Waals surface area contributed by atoms with Gasteiger partial charge in [-0.3, -0.25) is 9.63 Å². The third-order valence-electron chi connectivity index (χ3n) is 1.20. The quantitative estimate of drug-likeness (QED) is 0.776. The van der Waals surface area contributed by atoms with Crippen molar-refractivity contribution in [2.45, 2.75) is 6.92 Å². The second-order valence-corrected chi connectivity index (χ2v) is 3.01. The number of nitrogens with one attached hydrogen (secondary N) is 2. The third-order valence-corrected chi connectivity index (χ3v) is 1.66. The molecule has 1 amide bonds. The van der Waals surface area contributed by atoms with Crippen molar-refractivity contribution in [2.75, 3.05) is 6.61 Å². The van der Waals surface area contributed by atoms with Gasteiger partial charge in [-0.25, -0.2) is 5.48 Å². The Morgan fingerprint density at radius 2 is 2.58 bits per heavy atom. The van der Waals surface area contributed by atoms with Crippen molar-refractivity contribution in [3.8, 4) is 0 Å². The van der Waals surface area contributed by atoms with Crippen molar-refractivity contribution in [2.24, 2.45) is 0 Å². The number of hydroxylamine groups is 1. The van der Waals surface area contributed by atoms with Gasteiger partial charge in [0.25, 0.3) is 5.91 Å². The van der Waals surface area contributed by atoms with Crippen LogP contribution in [0, 0.1) is 0 Å². The van der Waals surface area contributed by atoms with Crippen LogP contribution in [-0.4, -0.2) is 17.5 Å². The maximum atomic E-state index is 11.1. The van der Waals surface area contributed by atoms with Crippen LogP contribution in [0.2, 0.25) is 0 Å². The zero-order chi connectivity index (χ0) is 8.97. The number of carbonyl (C=O) groups excluding carboxylic acids is 1. The van der Waals surface area contributed by atoms with Gasteiger partial charge >= 0.3 is 0 Å². The largest absolute Gasteiger partial charge is 0.356 e. The first-order chi connectivity index (χ1) is 5.74. The maximum Gasteiger partial charge on any atom is 0.291 e. The smallest absolute Gasteiger partial charge is 0.291 e. The Morgan fingerprint density at radius 1 is 1.83 bits per heavy atom. The normalized spacial score (nSPS) is 9.83. The van der Waals surface area contributed by atoms with E-state index in [4.69, 9.17) is 4.84 Å². The summed E-state index contributed by atoms with van der Waals surface area (Å²) in [4.78, 5) is 18.6. The molecule has 0 spiro atoms. The standard InChI is InChI=1S/C7H9BrN2O2/c1-2-12-10-7(11)6-3-5(8)4-9-6/h3-4,9H,2H2,1H3,(H,10,11). The number of hydrogen-bond acceptors (Lipinski definition) is 2. The van der Waals surface area contributed by atoms with Crippen molar-refractivity contribution >= 4 is 21.8 Å². The molecule has 0 bridgehead atoms. The van der Waals surface area contributed by atoms with E-state index in [-0.39, 0.29) is 5.91 Å². The molecule has 0 fully saturated rings. The molecule has 1 heterocycles. The summed E-state index contributed by atoms with van der Waals surface area (Å²) in [5.41, 5.74) is 2.74. The van der Waals surface area contributed by atoms with Crippen molar-refractivity contribution in [3.05, 3.63) is 22.4 Å². The first-order valence-corrected chi connectivity index (χ1v) is 4.29. The number of aromatic nitrogens is 1. The fraction of sp³-hybridized carbons (Fsp3) is 0.286. The van der Waals surface area contributed by atoms with Gasteiger partial charge in [0.15, 0.2) is 0 Å². The molecule has 12 heavy (non-hydrogen) atoms. The molecule has 0 atom stereocenters. The number of rotatable bonds is 3. The summed E-state index contributed by atoms with van der Waals surface area (Å²) in [5.74, 6) is -0.275. The molecular weight excluding hydrogens is 224 g/mol. The van der Waals surface area contributed by atoms with Crippen LogP contribution < -0.4 is 5.48 Å². The molecule has 0 saturated carbocycles. The van der Waals surface area contributed by atoms with Crippen LogP contribution in [-0.2, 0) is 4.84 Å². The number of aromatic amines is 1. The minimum Gasteiger partial charge on any atom is -0.356 e. The van der Waals surface area contributed by atoms with Crippen LogP contribution in [0.15, 0.2) is 16.7 Å². The molecule has 2 N–H and O–H groups in total. The topological polar surface area (TPSA) is 54.1 Å². The molecule has 0 aromatic carbocycles. The van der Waals surface area contributed by atoms with Gasteiger partial charge in [0.2, 0.25) is 0 Å². The van der Waals surface area contributed by atoms with Crippen LogP contribution in [0.1, 0.15) is 17.4 Å². The van der Waals surface area contributed by atoms with Crippen LogP contribution in [0.5, 0.6) is 0 Å². The zero-order valence-corrected chi connectivity index (χ0v) is 8.14. The van der Waals surface area contributed by atoms with Crippen LogP contribution in [0.3, 0.4) is 0 Å². The predicted molar refractivity (Wildman–Crippen MR) is 47.6 cm³/mol. The molecule has 0 aliphatic carbocycles. The highest BCUT2D eigenvalue weighted by molar-refractivity contribution is 9.10. The van der Waals surface area contributed by atoms with Gasteiger partial charge in [-0.1, -0.05) is 0 Å². The molecule has 66 valence electrons. The number of amides is 1. The molecule has 0 aliphatic rings. The highest BCUT2D eigenvalue weighted by Gasteiger charge is 2.06. The highest BCUT2D eigenvalue weighted by Crippen LogP contribution is 2.09. The summed E-state index contributed by atoms with van der Waals surface area (Å²) in [6.45, 7) is 2.25. The molecule has 0 aliphatic heterocycles. The number of H-pyrrole nitrogens is 1. The average Bonchev–Trinajstić information content (AvgIpc) is 2.47. The molecular formula is C7H9BrN2O2. The first kappa shape index (κ1) is 9.28. The van der Waals surface area contributed by atoms with Crippen molar-refractivity contribution < 1.29 is 9.63 Å². The van der Waals surface area contributed by atoms with Crippen molar-refractivity contribution in [1.82, 2.24) is 10.5 Å². The Hall–Kier alpha value is -0.810. The molecule has 0 radical (unpaired) electrons. The van der Waals surface area contributed by atoms with E-state index in [0.717, 1.165) is 4.47 Å². The first-order valence-electron chi connectivity index (χ1n) is 3.50. The van der Waals surface area contributed by atoms with E-state index >= 15 is 0 Å². The lowest BCUT2D eigenvalue weighted by Crippen LogP contribution is -2.23. The highest BCUT2D eigenvalue weighted by atomic mass is 79.9. The lowest BCUT2D eigenvalue weighted by atomic mass is 10.4. The maximum absolute atomic E-state index is 11.1. The predicted octanol–water partition coefficient (Wildman–Crippen LogP) is 1.46. The summed E-state index contributed by atoms with van der Waals surface area (Å²) >= 11 is 3.22. The van der Waals surface area contributed by atoms with E-state index in [1.165, 1.54) is 0 Å². The molecule has 4 nitrogen and oxygen atoms in total. The molecule has 0 unspecified atom stereocenters. The van der Waals surface area contributed by atoms with Gasteiger partial charge in [0.1, 0.15) is 5.69 Å². The fourth-order valence-corrected chi connectivity index (χ4v) is 1.04. The Labute approximate surface area is 78.4 Å². The van der Waals surface area contributed by atoms with E-state index < -0.39 is 0 Å². The van der Waals surface area contributed by atoms with E-state index in [2.05, 4.69) is 26.4 Å². The third kappa shape index (κ3) is 2.35. The summed E-state index contributed by atoms with van der Waals surface area (Å²) in [6, 6.07) is 1.67. The molecule has 1 aromatic rings. The van der Waals surface area contributed by atoms with Crippen molar-refractivity contribution in [1.29, 1.82) is 0 Å². The molecule has 1 rings (SSSR count). The summed E-state index contributed by atoms with van der Waals surface area (Å²) in [6.07, 6.45) is 1.68. The molecule has 0 saturated heterocycles. The second kappa shape index (κ2) is 4.27. The summed E-state index contributed by atoms with van der Waals surface area (Å²) in [5, 5.41) is 0. The number of hydrogen-bond donors (Lipinski definition) is 2. The van der Waals surface area contributed by atoms with Gasteiger partial charge in [-0.2, -0.15) is 0 Å². The minimum absolute atomic E-state index is 0.275. The van der Waals surface area contributed by atoms with E-state index in [0.29, 0.717) is 12.3 Å². The van der Waals surface area contributed by atoms with Gasteiger partial charge in [-0.05, 0) is 28.9 Å². The van der Waals surface area contributed by atoms with Gasteiger partial charge in [0, 0.05) is 10.7 Å². The van der Waals surface area contributed by atoms with Gasteiger partial charge < -0.3 is 4.98 Å². The molecule has 5 heteroatoms. The average molecular weight is 233 g/mol. The van der Waals surface area contributed by atoms with Gasteiger partial charge in [0.05, 0.1) is 6.61 Å².